The number of nitrogens with one attached hydrogen (secondary N) is 1. The summed E-state index contributed by atoms with van der Waals surface area (Å²) in [6.07, 6.45) is -2.91. The van der Waals surface area contributed by atoms with Crippen LogP contribution in [0.1, 0.15) is 0 Å². The molecule has 1 aromatic heterocycles. The molecule has 108 valence electrons. The average Bonchev–Trinajstić information content (AvgIpc) is 2.84. The lowest BCUT2D eigenvalue weighted by Gasteiger charge is -2.36. The predicted octanol–water partition coefficient (Wildman–Crippen LogP) is -1.50. The number of ether oxygens (including phenoxy) is 1. The van der Waals surface area contributed by atoms with Gasteiger partial charge in [-0.05, 0) is 0 Å². The fourth-order valence-electron chi connectivity index (χ4n) is 1.78. The largest absolute Gasteiger partial charge is 0.394 e. The predicted molar refractivity (Wildman–Crippen MR) is 70.5 cm³/mol. The first kappa shape index (κ1) is 14.4. The van der Waals surface area contributed by atoms with Crippen molar-refractivity contribution in [2.75, 3.05) is 37.5 Å². The summed E-state index contributed by atoms with van der Waals surface area (Å²) in [5, 5.41) is 32.2. The molecule has 1 aromatic rings. The molecule has 1 saturated heterocycles. The monoisotopic (exact) mass is 290 g/mol. The van der Waals surface area contributed by atoms with Crippen LogP contribution in [0, 0.1) is 0 Å². The molecular formula is C10H18N4O4S. The molecule has 0 saturated carbocycles. The zero-order valence-electron chi connectivity index (χ0n) is 10.7. The lowest BCUT2D eigenvalue weighted by molar-refractivity contribution is -0.152. The molecule has 2 rings (SSSR count). The lowest BCUT2D eigenvalue weighted by atomic mass is 9.99. The first-order chi connectivity index (χ1) is 9.02. The summed E-state index contributed by atoms with van der Waals surface area (Å²) in [7, 11) is 3.67. The van der Waals surface area contributed by atoms with Crippen molar-refractivity contribution in [1.82, 2.24) is 9.36 Å². The van der Waals surface area contributed by atoms with Gasteiger partial charge in [0.1, 0.15) is 18.3 Å². The molecule has 0 spiro atoms. The normalized spacial score (nSPS) is 31.2. The van der Waals surface area contributed by atoms with Crippen LogP contribution in [0.4, 0.5) is 11.1 Å². The zero-order valence-corrected chi connectivity index (χ0v) is 11.5. The second-order valence-electron chi connectivity index (χ2n) is 4.58. The van der Waals surface area contributed by atoms with Crippen LogP contribution < -0.4 is 10.2 Å². The third-order valence-corrected chi connectivity index (χ3v) is 3.57. The highest BCUT2D eigenvalue weighted by molar-refractivity contribution is 7.09. The maximum atomic E-state index is 9.96. The average molecular weight is 290 g/mol. The standard InChI is InChI=1S/C10H18N4O4S/c1-14(2)9-12-10(19-13-9)11-5-4-18-6(3-15)8(17)7(5)16/h5-8,15-17H,3-4H2,1-2H3,(H,11,12,13). The molecule has 1 aliphatic rings. The molecule has 1 fully saturated rings. The molecule has 2 heterocycles. The summed E-state index contributed by atoms with van der Waals surface area (Å²) in [5.41, 5.74) is 0. The summed E-state index contributed by atoms with van der Waals surface area (Å²) in [4.78, 5) is 6.00. The Morgan fingerprint density at radius 3 is 2.74 bits per heavy atom. The van der Waals surface area contributed by atoms with E-state index in [-0.39, 0.29) is 13.2 Å². The highest BCUT2D eigenvalue weighted by Gasteiger charge is 2.38. The van der Waals surface area contributed by atoms with Gasteiger partial charge >= 0.3 is 0 Å². The summed E-state index contributed by atoms with van der Waals surface area (Å²) in [6.45, 7) is -0.144. The second-order valence-corrected chi connectivity index (χ2v) is 5.33. The van der Waals surface area contributed by atoms with Crippen LogP contribution in [0.5, 0.6) is 0 Å². The number of aliphatic hydroxyl groups excluding tert-OH is 3. The van der Waals surface area contributed by atoms with Crippen LogP contribution >= 0.6 is 11.5 Å². The van der Waals surface area contributed by atoms with Crippen molar-refractivity contribution < 1.29 is 20.1 Å². The minimum Gasteiger partial charge on any atom is -0.394 e. The smallest absolute Gasteiger partial charge is 0.238 e. The van der Waals surface area contributed by atoms with Crippen molar-refractivity contribution in [1.29, 1.82) is 0 Å². The van der Waals surface area contributed by atoms with Gasteiger partial charge in [-0.15, -0.1) is 0 Å². The Balaban J connectivity index is 1.99. The van der Waals surface area contributed by atoms with Gasteiger partial charge in [-0.3, -0.25) is 0 Å². The van der Waals surface area contributed by atoms with Gasteiger partial charge < -0.3 is 30.3 Å². The molecule has 8 nitrogen and oxygen atoms in total. The van der Waals surface area contributed by atoms with E-state index in [9.17, 15) is 10.2 Å². The Labute approximate surface area is 114 Å². The van der Waals surface area contributed by atoms with Crippen LogP contribution in [0.2, 0.25) is 0 Å². The lowest BCUT2D eigenvalue weighted by Crippen LogP contribution is -2.56. The number of aromatic nitrogens is 2. The maximum absolute atomic E-state index is 9.96. The molecule has 0 amide bonds. The Hall–Kier alpha value is -1.00. The first-order valence-corrected chi connectivity index (χ1v) is 6.66. The van der Waals surface area contributed by atoms with Gasteiger partial charge in [0.25, 0.3) is 0 Å². The molecule has 1 aliphatic heterocycles. The molecule has 0 aromatic carbocycles. The van der Waals surface area contributed by atoms with E-state index >= 15 is 0 Å². The SMILES string of the molecule is CN(C)c1nsc(NC2COC(CO)C(O)C2O)n1. The number of aliphatic hydroxyl groups is 3. The molecule has 9 heteroatoms. The van der Waals surface area contributed by atoms with Gasteiger partial charge in [-0.25, -0.2) is 0 Å². The molecule has 0 radical (unpaired) electrons. The number of nitrogens with zero attached hydrogens (tertiary/aromatic N) is 3. The maximum Gasteiger partial charge on any atom is 0.238 e. The molecule has 4 N–H and O–H groups in total. The van der Waals surface area contributed by atoms with E-state index in [1.165, 1.54) is 11.5 Å². The minimum absolute atomic E-state index is 0.181. The molecule has 4 atom stereocenters. The summed E-state index contributed by atoms with van der Waals surface area (Å²) in [6, 6.07) is -0.485. The van der Waals surface area contributed by atoms with Gasteiger partial charge in [-0.1, -0.05) is 0 Å². The summed E-state index contributed by atoms with van der Waals surface area (Å²) >= 11 is 1.17. The third-order valence-electron chi connectivity index (χ3n) is 2.94. The van der Waals surface area contributed by atoms with Crippen LogP contribution in [0.15, 0.2) is 0 Å². The van der Waals surface area contributed by atoms with Gasteiger partial charge in [0.05, 0.1) is 19.3 Å². The van der Waals surface area contributed by atoms with Crippen LogP contribution in [-0.4, -0.2) is 76.3 Å². The van der Waals surface area contributed by atoms with E-state index in [1.807, 2.05) is 14.1 Å². The Morgan fingerprint density at radius 2 is 2.16 bits per heavy atom. The molecule has 19 heavy (non-hydrogen) atoms. The Kier molecular flexibility index (Phi) is 4.53. The van der Waals surface area contributed by atoms with Crippen molar-refractivity contribution in [3.05, 3.63) is 0 Å². The number of anilines is 2. The summed E-state index contributed by atoms with van der Waals surface area (Å²) in [5.74, 6) is 0.576. The third kappa shape index (κ3) is 3.12. The number of hydrogen-bond acceptors (Lipinski definition) is 9. The second kappa shape index (κ2) is 5.97. The minimum atomic E-state index is -1.13. The van der Waals surface area contributed by atoms with E-state index in [0.29, 0.717) is 11.1 Å². The fraction of sp³-hybridized carbons (Fsp3) is 0.800. The van der Waals surface area contributed by atoms with Crippen molar-refractivity contribution in [2.45, 2.75) is 24.4 Å². The van der Waals surface area contributed by atoms with Crippen molar-refractivity contribution in [3.63, 3.8) is 0 Å². The molecule has 0 bridgehead atoms. The van der Waals surface area contributed by atoms with E-state index in [2.05, 4.69) is 14.7 Å². The van der Waals surface area contributed by atoms with Gasteiger partial charge in [0.2, 0.25) is 11.1 Å². The van der Waals surface area contributed by atoms with Gasteiger partial charge in [0.15, 0.2) is 0 Å². The van der Waals surface area contributed by atoms with Gasteiger partial charge in [-0.2, -0.15) is 9.36 Å². The Bertz CT molecular complexity index is 416. The van der Waals surface area contributed by atoms with Gasteiger partial charge in [0, 0.05) is 25.6 Å². The summed E-state index contributed by atoms with van der Waals surface area (Å²) < 4.78 is 9.40. The van der Waals surface area contributed by atoms with E-state index < -0.39 is 24.4 Å². The highest BCUT2D eigenvalue weighted by atomic mass is 32.1. The quantitative estimate of drug-likeness (QED) is 0.530. The fourth-order valence-corrected chi connectivity index (χ4v) is 2.48. The first-order valence-electron chi connectivity index (χ1n) is 5.89. The number of hydrogen-bond donors (Lipinski definition) is 4. The zero-order chi connectivity index (χ0) is 14.0. The van der Waals surface area contributed by atoms with Crippen molar-refractivity contribution in [2.24, 2.45) is 0 Å². The van der Waals surface area contributed by atoms with E-state index in [4.69, 9.17) is 9.84 Å². The van der Waals surface area contributed by atoms with Crippen LogP contribution in [0.3, 0.4) is 0 Å². The van der Waals surface area contributed by atoms with E-state index in [0.717, 1.165) is 0 Å². The van der Waals surface area contributed by atoms with Crippen molar-refractivity contribution >= 4 is 22.6 Å². The molecule has 4 unspecified atom stereocenters. The van der Waals surface area contributed by atoms with Crippen LogP contribution in [-0.2, 0) is 4.74 Å². The van der Waals surface area contributed by atoms with Crippen molar-refractivity contribution in [3.8, 4) is 0 Å². The van der Waals surface area contributed by atoms with E-state index in [1.54, 1.807) is 4.90 Å². The Morgan fingerprint density at radius 1 is 1.42 bits per heavy atom. The topological polar surface area (TPSA) is 111 Å². The molecular weight excluding hydrogens is 272 g/mol. The highest BCUT2D eigenvalue weighted by Crippen LogP contribution is 2.22. The number of rotatable bonds is 4. The molecule has 0 aliphatic carbocycles. The van der Waals surface area contributed by atoms with Crippen LogP contribution in [0.25, 0.3) is 0 Å².